The standard InChI is InChI=1S/C16H22ClN3O2.ClH/c1-18-10-4-9-15(21)19-13-7-5-11-20(16(13)22)14-8-3-2-6-12(14)17;/h2-3,6,8,13,18H,4-5,7,9-11H2,1H3,(H,19,21);1H. The summed E-state index contributed by atoms with van der Waals surface area (Å²) in [6.45, 7) is 1.42. The van der Waals surface area contributed by atoms with Crippen LogP contribution in [0.25, 0.3) is 0 Å². The van der Waals surface area contributed by atoms with E-state index in [0.717, 1.165) is 19.4 Å². The molecule has 1 fully saturated rings. The molecule has 128 valence electrons. The highest BCUT2D eigenvalue weighted by Crippen LogP contribution is 2.28. The summed E-state index contributed by atoms with van der Waals surface area (Å²) in [5, 5.41) is 6.40. The number of carbonyl (C=O) groups excluding carboxylic acids is 2. The van der Waals surface area contributed by atoms with E-state index in [1.54, 1.807) is 11.0 Å². The fourth-order valence-corrected chi connectivity index (χ4v) is 2.85. The first-order chi connectivity index (χ1) is 10.6. The van der Waals surface area contributed by atoms with Crippen LogP contribution in [0.2, 0.25) is 5.02 Å². The fraction of sp³-hybridized carbons (Fsp3) is 0.500. The second kappa shape index (κ2) is 9.75. The Morgan fingerprint density at radius 1 is 1.39 bits per heavy atom. The lowest BCUT2D eigenvalue weighted by Gasteiger charge is -2.33. The number of amides is 2. The minimum absolute atomic E-state index is 0. The van der Waals surface area contributed by atoms with Crippen LogP contribution in [0.1, 0.15) is 25.7 Å². The van der Waals surface area contributed by atoms with E-state index in [0.29, 0.717) is 30.1 Å². The van der Waals surface area contributed by atoms with E-state index in [4.69, 9.17) is 11.6 Å². The lowest BCUT2D eigenvalue weighted by molar-refractivity contribution is -0.128. The molecule has 1 heterocycles. The van der Waals surface area contributed by atoms with Crippen molar-refractivity contribution < 1.29 is 9.59 Å². The lowest BCUT2D eigenvalue weighted by atomic mass is 10.0. The molecule has 1 saturated heterocycles. The van der Waals surface area contributed by atoms with Crippen LogP contribution < -0.4 is 15.5 Å². The van der Waals surface area contributed by atoms with Crippen molar-refractivity contribution in [2.75, 3.05) is 25.0 Å². The Kier molecular flexibility index (Phi) is 8.37. The van der Waals surface area contributed by atoms with Crippen LogP contribution in [0.15, 0.2) is 24.3 Å². The van der Waals surface area contributed by atoms with Crippen molar-refractivity contribution in [1.82, 2.24) is 10.6 Å². The fourth-order valence-electron chi connectivity index (χ4n) is 2.61. The Balaban J connectivity index is 0.00000264. The molecule has 2 amide bonds. The number of hydrogen-bond donors (Lipinski definition) is 2. The first-order valence-corrected chi connectivity index (χ1v) is 8.01. The third-order valence-corrected chi connectivity index (χ3v) is 4.07. The first-order valence-electron chi connectivity index (χ1n) is 7.63. The summed E-state index contributed by atoms with van der Waals surface area (Å²) in [4.78, 5) is 26.2. The van der Waals surface area contributed by atoms with Crippen molar-refractivity contribution in [1.29, 1.82) is 0 Å². The third-order valence-electron chi connectivity index (χ3n) is 3.75. The molecule has 1 aromatic carbocycles. The number of halogens is 2. The maximum Gasteiger partial charge on any atom is 0.249 e. The van der Waals surface area contributed by atoms with Gasteiger partial charge in [-0.1, -0.05) is 23.7 Å². The van der Waals surface area contributed by atoms with Gasteiger partial charge in [0.05, 0.1) is 10.7 Å². The number of rotatable bonds is 6. The summed E-state index contributed by atoms with van der Waals surface area (Å²) < 4.78 is 0. The second-order valence-corrected chi connectivity index (χ2v) is 5.82. The Bertz CT molecular complexity index is 540. The van der Waals surface area contributed by atoms with Crippen molar-refractivity contribution in [3.8, 4) is 0 Å². The van der Waals surface area contributed by atoms with E-state index in [1.165, 1.54) is 0 Å². The summed E-state index contributed by atoms with van der Waals surface area (Å²) >= 11 is 6.17. The van der Waals surface area contributed by atoms with E-state index in [-0.39, 0.29) is 24.2 Å². The van der Waals surface area contributed by atoms with Crippen LogP contribution in [0.3, 0.4) is 0 Å². The average molecular weight is 360 g/mol. The molecular formula is C16H23Cl2N3O2. The van der Waals surface area contributed by atoms with Gasteiger partial charge in [0.2, 0.25) is 11.8 Å². The molecule has 0 aliphatic carbocycles. The monoisotopic (exact) mass is 359 g/mol. The summed E-state index contributed by atoms with van der Waals surface area (Å²) in [5.41, 5.74) is 0.711. The lowest BCUT2D eigenvalue weighted by Crippen LogP contribution is -2.52. The van der Waals surface area contributed by atoms with Crippen molar-refractivity contribution in [2.24, 2.45) is 0 Å². The topological polar surface area (TPSA) is 61.4 Å². The number of para-hydroxylation sites is 1. The van der Waals surface area contributed by atoms with Gasteiger partial charge in [0.15, 0.2) is 0 Å². The number of nitrogens with zero attached hydrogens (tertiary/aromatic N) is 1. The molecular weight excluding hydrogens is 337 g/mol. The molecule has 0 radical (unpaired) electrons. The SMILES string of the molecule is CNCCCC(=O)NC1CCCN(c2ccccc2Cl)C1=O.Cl. The molecule has 1 aromatic rings. The van der Waals surface area contributed by atoms with E-state index in [1.807, 2.05) is 25.2 Å². The van der Waals surface area contributed by atoms with Crippen LogP contribution in [-0.4, -0.2) is 38.0 Å². The van der Waals surface area contributed by atoms with Crippen molar-refractivity contribution in [2.45, 2.75) is 31.7 Å². The first kappa shape index (κ1) is 19.7. The smallest absolute Gasteiger partial charge is 0.249 e. The molecule has 1 aliphatic heterocycles. The van der Waals surface area contributed by atoms with Gasteiger partial charge in [0.1, 0.15) is 6.04 Å². The largest absolute Gasteiger partial charge is 0.344 e. The number of anilines is 1. The summed E-state index contributed by atoms with van der Waals surface area (Å²) in [6, 6.07) is 6.84. The molecule has 0 bridgehead atoms. The van der Waals surface area contributed by atoms with E-state index < -0.39 is 6.04 Å². The number of hydrogen-bond acceptors (Lipinski definition) is 3. The predicted molar refractivity (Wildman–Crippen MR) is 95.4 cm³/mol. The normalized spacial score (nSPS) is 17.6. The Hall–Kier alpha value is -1.30. The van der Waals surface area contributed by atoms with Gasteiger partial charge < -0.3 is 15.5 Å². The molecule has 1 unspecified atom stereocenters. The maximum atomic E-state index is 12.6. The zero-order valence-electron chi connectivity index (χ0n) is 13.2. The van der Waals surface area contributed by atoms with Crippen molar-refractivity contribution >= 4 is 41.5 Å². The number of benzene rings is 1. The predicted octanol–water partition coefficient (Wildman–Crippen LogP) is 2.37. The molecule has 7 heteroatoms. The van der Waals surface area contributed by atoms with Gasteiger partial charge in [-0.25, -0.2) is 0 Å². The molecule has 23 heavy (non-hydrogen) atoms. The summed E-state index contributed by atoms with van der Waals surface area (Å²) in [7, 11) is 1.85. The van der Waals surface area contributed by atoms with Gasteiger partial charge >= 0.3 is 0 Å². The minimum Gasteiger partial charge on any atom is -0.344 e. The minimum atomic E-state index is -0.452. The van der Waals surface area contributed by atoms with Crippen LogP contribution in [0.4, 0.5) is 5.69 Å². The zero-order valence-corrected chi connectivity index (χ0v) is 14.8. The van der Waals surface area contributed by atoms with Gasteiger partial charge in [0, 0.05) is 13.0 Å². The molecule has 0 aromatic heterocycles. The van der Waals surface area contributed by atoms with Crippen LogP contribution in [-0.2, 0) is 9.59 Å². The van der Waals surface area contributed by atoms with Crippen molar-refractivity contribution in [3.05, 3.63) is 29.3 Å². The Morgan fingerprint density at radius 2 is 2.13 bits per heavy atom. The molecule has 2 N–H and O–H groups in total. The highest BCUT2D eigenvalue weighted by Gasteiger charge is 2.31. The van der Waals surface area contributed by atoms with Crippen LogP contribution >= 0.6 is 24.0 Å². The van der Waals surface area contributed by atoms with Crippen LogP contribution in [0.5, 0.6) is 0 Å². The van der Waals surface area contributed by atoms with Gasteiger partial charge in [-0.15, -0.1) is 12.4 Å². The zero-order chi connectivity index (χ0) is 15.9. The molecule has 2 rings (SSSR count). The highest BCUT2D eigenvalue weighted by atomic mass is 35.5. The van der Waals surface area contributed by atoms with E-state index in [2.05, 4.69) is 10.6 Å². The third kappa shape index (κ3) is 5.37. The van der Waals surface area contributed by atoms with Gasteiger partial charge in [0.25, 0.3) is 0 Å². The number of nitrogens with one attached hydrogen (secondary N) is 2. The summed E-state index contributed by atoms with van der Waals surface area (Å²) in [5.74, 6) is -0.157. The van der Waals surface area contributed by atoms with Gasteiger partial charge in [-0.05, 0) is 45.0 Å². The quantitative estimate of drug-likeness (QED) is 0.766. The molecule has 0 saturated carbocycles. The van der Waals surface area contributed by atoms with E-state index in [9.17, 15) is 9.59 Å². The number of piperidine rings is 1. The average Bonchev–Trinajstić information content (AvgIpc) is 2.51. The van der Waals surface area contributed by atoms with Crippen LogP contribution in [0, 0.1) is 0 Å². The Labute approximate surface area is 148 Å². The van der Waals surface area contributed by atoms with Gasteiger partial charge in [-0.3, -0.25) is 9.59 Å². The summed E-state index contributed by atoms with van der Waals surface area (Å²) in [6.07, 6.45) is 2.71. The van der Waals surface area contributed by atoms with Gasteiger partial charge in [-0.2, -0.15) is 0 Å². The Morgan fingerprint density at radius 3 is 2.83 bits per heavy atom. The molecule has 1 atom stereocenters. The maximum absolute atomic E-state index is 12.6. The van der Waals surface area contributed by atoms with Crippen molar-refractivity contribution in [3.63, 3.8) is 0 Å². The number of carbonyl (C=O) groups is 2. The molecule has 5 nitrogen and oxygen atoms in total. The second-order valence-electron chi connectivity index (χ2n) is 5.41. The highest BCUT2D eigenvalue weighted by molar-refractivity contribution is 6.33. The van der Waals surface area contributed by atoms with E-state index >= 15 is 0 Å². The molecule has 0 spiro atoms. The molecule has 1 aliphatic rings.